The molecule has 36 heavy (non-hydrogen) atoms. The number of hydrogen-bond acceptors (Lipinski definition) is 5. The van der Waals surface area contributed by atoms with Gasteiger partial charge in [-0.25, -0.2) is 17.2 Å². The van der Waals surface area contributed by atoms with Crippen LogP contribution in [0, 0.1) is 24.5 Å². The van der Waals surface area contributed by atoms with Crippen molar-refractivity contribution in [3.63, 3.8) is 0 Å². The van der Waals surface area contributed by atoms with Crippen LogP contribution in [0.15, 0.2) is 59.0 Å². The summed E-state index contributed by atoms with van der Waals surface area (Å²) in [7, 11) is -2.18. The van der Waals surface area contributed by atoms with E-state index in [4.69, 9.17) is 9.47 Å². The van der Waals surface area contributed by atoms with Gasteiger partial charge in [0.1, 0.15) is 17.4 Å². The van der Waals surface area contributed by atoms with Crippen molar-refractivity contribution in [2.75, 3.05) is 33.4 Å². The second-order valence-electron chi connectivity index (χ2n) is 9.44. The molecule has 1 unspecified atom stereocenters. The van der Waals surface area contributed by atoms with E-state index in [2.05, 4.69) is 5.32 Å². The van der Waals surface area contributed by atoms with Gasteiger partial charge in [-0.05, 0) is 86.5 Å². The highest BCUT2D eigenvalue weighted by Crippen LogP contribution is 2.37. The molecule has 1 N–H and O–H groups in total. The van der Waals surface area contributed by atoms with Crippen molar-refractivity contribution in [1.82, 2.24) is 5.32 Å². The molecule has 1 heterocycles. The molecule has 194 valence electrons. The fourth-order valence-corrected chi connectivity index (χ4v) is 6.52. The summed E-state index contributed by atoms with van der Waals surface area (Å²) in [4.78, 5) is -0.101. The highest BCUT2D eigenvalue weighted by atomic mass is 32.2. The fraction of sp³-hybridized carbons (Fsp3) is 0.429. The molecule has 1 fully saturated rings. The van der Waals surface area contributed by atoms with Crippen LogP contribution in [0.25, 0.3) is 5.57 Å². The van der Waals surface area contributed by atoms with Crippen molar-refractivity contribution >= 4 is 15.4 Å². The smallest absolute Gasteiger partial charge is 0.185 e. The number of hydrogen-bond donors (Lipinski definition) is 1. The number of halogens is 2. The van der Waals surface area contributed by atoms with Crippen LogP contribution in [0.4, 0.5) is 8.78 Å². The predicted molar refractivity (Wildman–Crippen MR) is 137 cm³/mol. The minimum atomic E-state index is -3.98. The fourth-order valence-electron chi connectivity index (χ4n) is 4.69. The highest BCUT2D eigenvalue weighted by Gasteiger charge is 2.34. The lowest BCUT2D eigenvalue weighted by Crippen LogP contribution is -2.24. The molecule has 0 bridgehead atoms. The SMILES string of the molecule is CNCC1=CCCC(S(=O)(=O)c2ccc(C)c(F)c2)C(c2ccc(OCC3CCOCC3)cc2F)=C1. The van der Waals surface area contributed by atoms with Crippen LogP contribution in [0.2, 0.25) is 0 Å². The van der Waals surface area contributed by atoms with Crippen LogP contribution >= 0.6 is 0 Å². The number of rotatable bonds is 8. The molecule has 1 aliphatic heterocycles. The number of allylic oxidation sites excluding steroid dienone is 1. The molecular weight excluding hydrogens is 484 g/mol. The third-order valence-corrected chi connectivity index (χ3v) is 8.98. The van der Waals surface area contributed by atoms with E-state index in [0.29, 0.717) is 55.6 Å². The van der Waals surface area contributed by atoms with Gasteiger partial charge < -0.3 is 14.8 Å². The van der Waals surface area contributed by atoms with E-state index in [1.54, 1.807) is 32.2 Å². The van der Waals surface area contributed by atoms with E-state index in [1.165, 1.54) is 18.2 Å². The number of aryl methyl sites for hydroxylation is 1. The summed E-state index contributed by atoms with van der Waals surface area (Å²) in [6, 6.07) is 8.51. The molecule has 4 rings (SSSR count). The lowest BCUT2D eigenvalue weighted by atomic mass is 9.98. The Bertz CT molecular complexity index is 1250. The summed E-state index contributed by atoms with van der Waals surface area (Å²) in [5, 5.41) is 2.05. The molecule has 0 amide bonds. The Morgan fingerprint density at radius 3 is 2.53 bits per heavy atom. The Labute approximate surface area is 212 Å². The predicted octanol–water partition coefficient (Wildman–Crippen LogP) is 5.24. The van der Waals surface area contributed by atoms with Crippen molar-refractivity contribution < 1.29 is 26.7 Å². The van der Waals surface area contributed by atoms with E-state index in [1.807, 2.05) is 6.08 Å². The first kappa shape index (κ1) is 26.5. The number of likely N-dealkylation sites (N-methyl/N-ethyl adjacent to an activating group) is 1. The average Bonchev–Trinajstić information content (AvgIpc) is 3.08. The first-order valence-corrected chi connectivity index (χ1v) is 13.9. The quantitative estimate of drug-likeness (QED) is 0.519. The zero-order valence-electron chi connectivity index (χ0n) is 20.7. The van der Waals surface area contributed by atoms with Crippen LogP contribution in [-0.4, -0.2) is 47.1 Å². The van der Waals surface area contributed by atoms with Gasteiger partial charge in [0.05, 0.1) is 16.8 Å². The largest absolute Gasteiger partial charge is 0.493 e. The summed E-state index contributed by atoms with van der Waals surface area (Å²) in [6.07, 6.45) is 6.30. The zero-order chi connectivity index (χ0) is 25.7. The third-order valence-electron chi connectivity index (χ3n) is 6.83. The maximum Gasteiger partial charge on any atom is 0.185 e. The monoisotopic (exact) mass is 517 g/mol. The van der Waals surface area contributed by atoms with Gasteiger partial charge in [-0.2, -0.15) is 0 Å². The van der Waals surface area contributed by atoms with E-state index < -0.39 is 26.7 Å². The Balaban J connectivity index is 1.67. The normalized spacial score (nSPS) is 19.4. The molecule has 8 heteroatoms. The molecule has 2 aliphatic rings. The molecule has 2 aromatic carbocycles. The van der Waals surface area contributed by atoms with Crippen molar-refractivity contribution in [2.45, 2.75) is 42.8 Å². The first-order chi connectivity index (χ1) is 17.3. The summed E-state index contributed by atoms with van der Waals surface area (Å²) in [6.45, 7) is 3.99. The van der Waals surface area contributed by atoms with E-state index in [-0.39, 0.29) is 16.9 Å². The number of nitrogens with one attached hydrogen (secondary N) is 1. The van der Waals surface area contributed by atoms with Crippen molar-refractivity contribution in [3.8, 4) is 5.75 Å². The standard InChI is InChI=1S/C28H33F2NO4S/c1-19-6-8-23(16-26(19)29)36(32,33)28-5-3-4-21(17-31-2)14-25(28)24-9-7-22(15-27(24)30)35-18-20-10-12-34-13-11-20/h4,6-9,14-16,20,28,31H,3,5,10-13,17-18H2,1-2H3. The van der Waals surface area contributed by atoms with Crippen molar-refractivity contribution in [3.05, 3.63) is 76.9 Å². The number of sulfone groups is 1. The molecule has 1 saturated heterocycles. The van der Waals surface area contributed by atoms with Gasteiger partial charge in [-0.1, -0.05) is 18.2 Å². The highest BCUT2D eigenvalue weighted by molar-refractivity contribution is 7.92. The molecule has 0 saturated carbocycles. The van der Waals surface area contributed by atoms with E-state index >= 15 is 4.39 Å². The lowest BCUT2D eigenvalue weighted by Gasteiger charge is -2.23. The van der Waals surface area contributed by atoms with Gasteiger partial charge in [0, 0.05) is 31.4 Å². The van der Waals surface area contributed by atoms with Crippen LogP contribution in [-0.2, 0) is 14.6 Å². The van der Waals surface area contributed by atoms with Crippen molar-refractivity contribution in [2.24, 2.45) is 5.92 Å². The summed E-state index contributed by atoms with van der Waals surface area (Å²) >= 11 is 0. The summed E-state index contributed by atoms with van der Waals surface area (Å²) in [5.41, 5.74) is 1.81. The second kappa shape index (κ2) is 11.7. The van der Waals surface area contributed by atoms with E-state index in [0.717, 1.165) is 24.5 Å². The van der Waals surface area contributed by atoms with Gasteiger partial charge >= 0.3 is 0 Å². The summed E-state index contributed by atoms with van der Waals surface area (Å²) in [5.74, 6) is -0.360. The molecule has 1 aliphatic carbocycles. The van der Waals surface area contributed by atoms with Crippen LogP contribution in [0.1, 0.15) is 36.8 Å². The Kier molecular flexibility index (Phi) is 8.59. The molecule has 1 atom stereocenters. The number of benzene rings is 2. The minimum Gasteiger partial charge on any atom is -0.493 e. The zero-order valence-corrected chi connectivity index (χ0v) is 21.5. The molecule has 0 radical (unpaired) electrons. The Morgan fingerprint density at radius 2 is 1.83 bits per heavy atom. The molecule has 0 spiro atoms. The second-order valence-corrected chi connectivity index (χ2v) is 11.6. The van der Waals surface area contributed by atoms with Crippen LogP contribution in [0.5, 0.6) is 5.75 Å². The van der Waals surface area contributed by atoms with Gasteiger partial charge in [-0.15, -0.1) is 0 Å². The van der Waals surface area contributed by atoms with Crippen molar-refractivity contribution in [1.29, 1.82) is 0 Å². The Morgan fingerprint density at radius 1 is 1.06 bits per heavy atom. The minimum absolute atomic E-state index is 0.101. The van der Waals surface area contributed by atoms with Crippen LogP contribution in [0.3, 0.4) is 0 Å². The molecular formula is C28H33F2NO4S. The molecule has 2 aromatic rings. The third kappa shape index (κ3) is 6.05. The van der Waals surface area contributed by atoms with Gasteiger partial charge in [0.2, 0.25) is 0 Å². The topological polar surface area (TPSA) is 64.6 Å². The molecule has 5 nitrogen and oxygen atoms in total. The van der Waals surface area contributed by atoms with Gasteiger partial charge in [0.25, 0.3) is 0 Å². The Hall–Kier alpha value is -2.55. The molecule has 0 aromatic heterocycles. The maximum absolute atomic E-state index is 15.5. The van der Waals surface area contributed by atoms with E-state index in [9.17, 15) is 12.8 Å². The summed E-state index contributed by atoms with van der Waals surface area (Å²) < 4.78 is 68.4. The number of ether oxygens (including phenoxy) is 2. The lowest BCUT2D eigenvalue weighted by molar-refractivity contribution is 0.0497. The average molecular weight is 518 g/mol. The van der Waals surface area contributed by atoms with Gasteiger partial charge in [-0.3, -0.25) is 0 Å². The maximum atomic E-state index is 15.5. The van der Waals surface area contributed by atoms with Crippen LogP contribution < -0.4 is 10.1 Å². The van der Waals surface area contributed by atoms with Gasteiger partial charge in [0.15, 0.2) is 9.84 Å². The first-order valence-electron chi connectivity index (χ1n) is 12.4.